The van der Waals surface area contributed by atoms with Crippen LogP contribution in [0, 0.1) is 11.3 Å². The van der Waals surface area contributed by atoms with Gasteiger partial charge in [-0.3, -0.25) is 10.1 Å². The molecular formula is C23H17N5O2. The number of benzene rings is 2. The Morgan fingerprint density at radius 2 is 1.93 bits per heavy atom. The molecule has 0 fully saturated rings. The minimum atomic E-state index is -0.442. The quantitative estimate of drug-likeness (QED) is 0.545. The number of H-pyrrole nitrogens is 1. The van der Waals surface area contributed by atoms with Gasteiger partial charge in [0.25, 0.3) is 0 Å². The van der Waals surface area contributed by atoms with Crippen LogP contribution in [0.4, 0.5) is 0 Å². The Labute approximate surface area is 172 Å². The van der Waals surface area contributed by atoms with E-state index in [0.29, 0.717) is 11.5 Å². The molecule has 1 aliphatic heterocycles. The van der Waals surface area contributed by atoms with Crippen LogP contribution in [-0.2, 0) is 0 Å². The zero-order valence-electron chi connectivity index (χ0n) is 16.1. The number of nitrogens with one attached hydrogen (secondary N) is 1. The fraction of sp³-hybridized carbons (Fsp3) is 0.0870. The fourth-order valence-corrected chi connectivity index (χ4v) is 3.90. The van der Waals surface area contributed by atoms with Crippen LogP contribution >= 0.6 is 0 Å². The monoisotopic (exact) mass is 395 g/mol. The van der Waals surface area contributed by atoms with E-state index in [2.05, 4.69) is 21.3 Å². The summed E-state index contributed by atoms with van der Waals surface area (Å²) in [7, 11) is 1.62. The number of pyridine rings is 1. The fourth-order valence-electron chi connectivity index (χ4n) is 3.90. The maximum atomic E-state index is 9.93. The average molecular weight is 395 g/mol. The summed E-state index contributed by atoms with van der Waals surface area (Å²) in [5.74, 6) is 0.733. The third kappa shape index (κ3) is 2.66. The normalized spacial score (nSPS) is 15.4. The van der Waals surface area contributed by atoms with Crippen molar-refractivity contribution in [3.63, 3.8) is 0 Å². The summed E-state index contributed by atoms with van der Waals surface area (Å²) < 4.78 is 11.0. The van der Waals surface area contributed by atoms with Gasteiger partial charge in [-0.2, -0.15) is 5.26 Å². The Hall–Kier alpha value is -4.31. The predicted octanol–water partition coefficient (Wildman–Crippen LogP) is 3.85. The molecule has 2 aromatic heterocycles. The number of methoxy groups -OCH3 is 1. The maximum absolute atomic E-state index is 9.93. The van der Waals surface area contributed by atoms with E-state index >= 15 is 0 Å². The molecule has 2 aromatic carbocycles. The van der Waals surface area contributed by atoms with E-state index < -0.39 is 5.92 Å². The van der Waals surface area contributed by atoms with Gasteiger partial charge in [-0.25, -0.2) is 0 Å². The molecule has 30 heavy (non-hydrogen) atoms. The molecule has 0 saturated carbocycles. The standard InChI is InChI=1S/C23H17N5O2/c1-29-14-8-6-13(7-9-14)21-20-19(17(12-24)22(25)30-23(20)28-27-21)16-10-11-26-18-5-3-2-4-15(16)18/h2-11,19H,25H2,1H3,(H,27,28)/t19-/m0/s1. The van der Waals surface area contributed by atoms with Crippen LogP contribution in [0.3, 0.4) is 0 Å². The summed E-state index contributed by atoms with van der Waals surface area (Å²) in [4.78, 5) is 4.45. The Balaban J connectivity index is 1.77. The molecule has 0 bridgehead atoms. The highest BCUT2D eigenvalue weighted by molar-refractivity contribution is 5.85. The van der Waals surface area contributed by atoms with Crippen molar-refractivity contribution in [2.75, 3.05) is 7.11 Å². The molecule has 0 unspecified atom stereocenters. The highest BCUT2D eigenvalue weighted by Gasteiger charge is 2.36. The van der Waals surface area contributed by atoms with Gasteiger partial charge in [-0.05, 0) is 42.0 Å². The number of ether oxygens (including phenoxy) is 2. The second-order valence-corrected chi connectivity index (χ2v) is 6.89. The SMILES string of the molecule is COc1ccc(-c2[nH]nc3c2[C@@H](c2ccnc4ccccc24)C(C#N)=C(N)O3)cc1. The molecule has 3 heterocycles. The Kier molecular flexibility index (Phi) is 4.11. The molecule has 0 radical (unpaired) electrons. The molecule has 4 aromatic rings. The van der Waals surface area contributed by atoms with E-state index in [-0.39, 0.29) is 5.88 Å². The van der Waals surface area contributed by atoms with Gasteiger partial charge in [0.2, 0.25) is 11.8 Å². The van der Waals surface area contributed by atoms with Crippen molar-refractivity contribution in [2.24, 2.45) is 5.73 Å². The summed E-state index contributed by atoms with van der Waals surface area (Å²) in [6.45, 7) is 0. The van der Waals surface area contributed by atoms with E-state index in [4.69, 9.17) is 15.2 Å². The summed E-state index contributed by atoms with van der Waals surface area (Å²) >= 11 is 0. The largest absolute Gasteiger partial charge is 0.497 e. The van der Waals surface area contributed by atoms with Crippen LogP contribution in [-0.4, -0.2) is 22.3 Å². The Morgan fingerprint density at radius 1 is 1.13 bits per heavy atom. The second kappa shape index (κ2) is 6.94. The van der Waals surface area contributed by atoms with Gasteiger partial charge in [0.05, 0.1) is 29.8 Å². The van der Waals surface area contributed by atoms with Gasteiger partial charge in [0.15, 0.2) is 0 Å². The maximum Gasteiger partial charge on any atom is 0.244 e. The molecule has 0 amide bonds. The molecule has 146 valence electrons. The number of aromatic amines is 1. The minimum absolute atomic E-state index is 0.0590. The first-order chi connectivity index (χ1) is 14.7. The first-order valence-corrected chi connectivity index (χ1v) is 9.35. The highest BCUT2D eigenvalue weighted by Crippen LogP contribution is 2.47. The lowest BCUT2D eigenvalue weighted by Crippen LogP contribution is -2.21. The van der Waals surface area contributed by atoms with Crippen LogP contribution in [0.1, 0.15) is 17.0 Å². The van der Waals surface area contributed by atoms with E-state index in [0.717, 1.165) is 39.0 Å². The number of nitriles is 1. The molecule has 7 nitrogen and oxygen atoms in total. The molecular weight excluding hydrogens is 378 g/mol. The minimum Gasteiger partial charge on any atom is -0.497 e. The highest BCUT2D eigenvalue weighted by atomic mass is 16.5. The van der Waals surface area contributed by atoms with Crippen LogP contribution in [0.2, 0.25) is 0 Å². The molecule has 1 aliphatic rings. The lowest BCUT2D eigenvalue weighted by molar-refractivity contribution is 0.379. The molecule has 0 aliphatic carbocycles. The first-order valence-electron chi connectivity index (χ1n) is 9.35. The number of hydrogen-bond acceptors (Lipinski definition) is 6. The summed E-state index contributed by atoms with van der Waals surface area (Å²) in [5, 5.41) is 18.3. The van der Waals surface area contributed by atoms with E-state index in [1.807, 2.05) is 54.6 Å². The van der Waals surface area contributed by atoms with Gasteiger partial charge >= 0.3 is 0 Å². The topological polar surface area (TPSA) is 110 Å². The second-order valence-electron chi connectivity index (χ2n) is 6.89. The molecule has 0 saturated heterocycles. The third-order valence-electron chi connectivity index (χ3n) is 5.31. The van der Waals surface area contributed by atoms with Crippen LogP contribution in [0.5, 0.6) is 11.6 Å². The van der Waals surface area contributed by atoms with Crippen LogP contribution in [0.15, 0.2) is 72.3 Å². The number of aromatic nitrogens is 3. The number of allylic oxidation sites excluding steroid dienone is 1. The van der Waals surface area contributed by atoms with E-state index in [1.54, 1.807) is 13.3 Å². The summed E-state index contributed by atoms with van der Waals surface area (Å²) in [6, 6.07) is 19.6. The zero-order chi connectivity index (χ0) is 20.7. The smallest absolute Gasteiger partial charge is 0.244 e. The van der Waals surface area contributed by atoms with Gasteiger partial charge in [0, 0.05) is 17.1 Å². The van der Waals surface area contributed by atoms with Gasteiger partial charge in [0.1, 0.15) is 17.4 Å². The Bertz CT molecular complexity index is 1330. The summed E-state index contributed by atoms with van der Waals surface area (Å²) in [6.07, 6.45) is 1.74. The van der Waals surface area contributed by atoms with Gasteiger partial charge in [-0.15, -0.1) is 5.10 Å². The van der Waals surface area contributed by atoms with Crippen molar-refractivity contribution in [3.8, 4) is 29.0 Å². The van der Waals surface area contributed by atoms with E-state index in [9.17, 15) is 5.26 Å². The van der Waals surface area contributed by atoms with Crippen LogP contribution < -0.4 is 15.2 Å². The molecule has 7 heteroatoms. The molecule has 5 rings (SSSR count). The van der Waals surface area contributed by atoms with Crippen molar-refractivity contribution in [2.45, 2.75) is 5.92 Å². The van der Waals surface area contributed by atoms with Crippen molar-refractivity contribution >= 4 is 10.9 Å². The van der Waals surface area contributed by atoms with Gasteiger partial charge in [-0.1, -0.05) is 18.2 Å². The van der Waals surface area contributed by atoms with Crippen molar-refractivity contribution in [1.29, 1.82) is 5.26 Å². The number of nitrogens with two attached hydrogens (primary N) is 1. The lowest BCUT2D eigenvalue weighted by atomic mass is 9.81. The lowest BCUT2D eigenvalue weighted by Gasteiger charge is -2.25. The number of hydrogen-bond donors (Lipinski definition) is 2. The Morgan fingerprint density at radius 3 is 2.70 bits per heavy atom. The number of nitrogens with zero attached hydrogens (tertiary/aromatic N) is 3. The van der Waals surface area contributed by atoms with E-state index in [1.165, 1.54) is 0 Å². The number of fused-ring (bicyclic) bond motifs is 2. The zero-order valence-corrected chi connectivity index (χ0v) is 16.1. The average Bonchev–Trinajstić information content (AvgIpc) is 3.21. The summed E-state index contributed by atoms with van der Waals surface area (Å²) in [5.41, 5.74) is 10.6. The first kappa shape index (κ1) is 17.8. The van der Waals surface area contributed by atoms with Gasteiger partial charge < -0.3 is 15.2 Å². The third-order valence-corrected chi connectivity index (χ3v) is 5.31. The van der Waals surface area contributed by atoms with Crippen molar-refractivity contribution in [3.05, 3.63) is 83.4 Å². The van der Waals surface area contributed by atoms with Crippen LogP contribution in [0.25, 0.3) is 22.2 Å². The predicted molar refractivity (Wildman–Crippen MR) is 112 cm³/mol. The van der Waals surface area contributed by atoms with Crippen molar-refractivity contribution < 1.29 is 9.47 Å². The molecule has 1 atom stereocenters. The molecule has 3 N–H and O–H groups in total. The van der Waals surface area contributed by atoms with Crippen molar-refractivity contribution in [1.82, 2.24) is 15.2 Å². The number of rotatable bonds is 3. The molecule has 0 spiro atoms. The number of para-hydroxylation sites is 1.